The number of benzene rings is 1. The summed E-state index contributed by atoms with van der Waals surface area (Å²) in [7, 11) is 1.67. The van der Waals surface area contributed by atoms with Crippen molar-refractivity contribution >= 4 is 5.78 Å². The Bertz CT molecular complexity index is 638. The van der Waals surface area contributed by atoms with Gasteiger partial charge in [-0.3, -0.25) is 4.79 Å². The molecule has 1 rings (SSSR count). The second kappa shape index (κ2) is 15.8. The van der Waals surface area contributed by atoms with Crippen LogP contribution in [0.5, 0.6) is 11.5 Å². The first-order valence-electron chi connectivity index (χ1n) is 11.7. The molecule has 0 aromatic heterocycles. The van der Waals surface area contributed by atoms with Gasteiger partial charge in [-0.25, -0.2) is 0 Å². The molecule has 0 bridgehead atoms. The molecule has 1 aromatic rings. The van der Waals surface area contributed by atoms with Crippen molar-refractivity contribution in [2.75, 3.05) is 13.7 Å². The van der Waals surface area contributed by atoms with E-state index >= 15 is 0 Å². The van der Waals surface area contributed by atoms with Crippen LogP contribution < -0.4 is 9.47 Å². The van der Waals surface area contributed by atoms with Crippen molar-refractivity contribution < 1.29 is 14.3 Å². The molecule has 3 nitrogen and oxygen atoms in total. The summed E-state index contributed by atoms with van der Waals surface area (Å²) in [5.41, 5.74) is 0. The molecular formula is C27H42O3. The van der Waals surface area contributed by atoms with Crippen LogP contribution in [-0.4, -0.2) is 19.5 Å². The van der Waals surface area contributed by atoms with Gasteiger partial charge in [0.15, 0.2) is 0 Å². The lowest BCUT2D eigenvalue weighted by atomic mass is 9.92. The van der Waals surface area contributed by atoms with Crippen LogP contribution in [0.25, 0.3) is 0 Å². The van der Waals surface area contributed by atoms with E-state index in [1.165, 1.54) is 6.42 Å². The lowest BCUT2D eigenvalue weighted by Gasteiger charge is -2.18. The molecule has 0 radical (unpaired) electrons. The molecule has 0 heterocycles. The average molecular weight is 415 g/mol. The van der Waals surface area contributed by atoms with Gasteiger partial charge in [0.1, 0.15) is 17.3 Å². The third-order valence-corrected chi connectivity index (χ3v) is 5.65. The van der Waals surface area contributed by atoms with Gasteiger partial charge < -0.3 is 9.47 Å². The van der Waals surface area contributed by atoms with E-state index in [0.717, 1.165) is 69.5 Å². The van der Waals surface area contributed by atoms with Gasteiger partial charge in [-0.15, -0.1) is 11.8 Å². The molecule has 0 saturated carbocycles. The topological polar surface area (TPSA) is 35.5 Å². The number of carbonyl (C=O) groups is 1. The van der Waals surface area contributed by atoms with Crippen LogP contribution in [0.2, 0.25) is 0 Å². The highest BCUT2D eigenvalue weighted by Crippen LogP contribution is 2.22. The molecule has 30 heavy (non-hydrogen) atoms. The number of methoxy groups -OCH3 is 1. The van der Waals surface area contributed by atoms with E-state index in [2.05, 4.69) is 32.6 Å². The Morgan fingerprint density at radius 2 is 1.63 bits per heavy atom. The first-order valence-corrected chi connectivity index (χ1v) is 11.7. The number of rotatable bonds is 16. The Hall–Kier alpha value is -1.95. The van der Waals surface area contributed by atoms with Crippen LogP contribution in [0, 0.1) is 29.6 Å². The number of hydrogen-bond donors (Lipinski definition) is 0. The number of ketones is 1. The highest BCUT2D eigenvalue weighted by atomic mass is 16.5. The van der Waals surface area contributed by atoms with Crippen molar-refractivity contribution in [1.82, 2.24) is 0 Å². The summed E-state index contributed by atoms with van der Waals surface area (Å²) in [6.07, 6.45) is 9.06. The van der Waals surface area contributed by atoms with Crippen molar-refractivity contribution in [1.29, 1.82) is 0 Å². The number of ether oxygens (including phenoxy) is 2. The van der Waals surface area contributed by atoms with Crippen LogP contribution in [0.3, 0.4) is 0 Å². The van der Waals surface area contributed by atoms with E-state index in [1.54, 1.807) is 7.11 Å². The Morgan fingerprint density at radius 3 is 2.27 bits per heavy atom. The lowest BCUT2D eigenvalue weighted by molar-refractivity contribution is -0.119. The molecule has 0 aliphatic rings. The van der Waals surface area contributed by atoms with Gasteiger partial charge in [0.05, 0.1) is 13.7 Å². The minimum atomic E-state index is 0.420. The zero-order valence-electron chi connectivity index (χ0n) is 19.8. The summed E-state index contributed by atoms with van der Waals surface area (Å²) < 4.78 is 11.1. The molecule has 168 valence electrons. The first kappa shape index (κ1) is 26.1. The van der Waals surface area contributed by atoms with Crippen molar-refractivity contribution in [2.24, 2.45) is 17.8 Å². The highest BCUT2D eigenvalue weighted by molar-refractivity contribution is 5.78. The molecule has 0 unspecified atom stereocenters. The number of carbonyl (C=O) groups excluding carboxylic acids is 1. The summed E-state index contributed by atoms with van der Waals surface area (Å²) in [6, 6.07) is 7.74. The molecule has 0 amide bonds. The van der Waals surface area contributed by atoms with Gasteiger partial charge in [0.2, 0.25) is 0 Å². The second-order valence-electron chi connectivity index (χ2n) is 8.61. The third-order valence-electron chi connectivity index (χ3n) is 5.65. The highest BCUT2D eigenvalue weighted by Gasteiger charge is 2.11. The second-order valence-corrected chi connectivity index (χ2v) is 8.61. The van der Waals surface area contributed by atoms with Gasteiger partial charge >= 0.3 is 0 Å². The van der Waals surface area contributed by atoms with Crippen LogP contribution in [-0.2, 0) is 4.79 Å². The van der Waals surface area contributed by atoms with Gasteiger partial charge in [-0.2, -0.15) is 0 Å². The maximum absolute atomic E-state index is 12.1. The van der Waals surface area contributed by atoms with E-state index < -0.39 is 0 Å². The molecule has 0 fully saturated rings. The molecule has 1 aromatic carbocycles. The van der Waals surface area contributed by atoms with Crippen LogP contribution >= 0.6 is 0 Å². The SMILES string of the molecule is CC#C[C@H](CC)CCCC(=O)CCCC[C@@H](C)C[C@H](C)COc1ccc(OC)cc1. The Labute approximate surface area is 184 Å². The van der Waals surface area contributed by atoms with Crippen molar-refractivity contribution in [3.05, 3.63) is 24.3 Å². The number of unbranched alkanes of at least 4 members (excludes halogenated alkanes) is 1. The maximum Gasteiger partial charge on any atom is 0.132 e. The Kier molecular flexibility index (Phi) is 13.8. The molecule has 0 N–H and O–H groups in total. The zero-order chi connectivity index (χ0) is 22.2. The van der Waals surface area contributed by atoms with Crippen LogP contribution in [0.1, 0.15) is 85.5 Å². The maximum atomic E-state index is 12.1. The fraction of sp³-hybridized carbons (Fsp3) is 0.667. The number of hydrogen-bond acceptors (Lipinski definition) is 3. The summed E-state index contributed by atoms with van der Waals surface area (Å²) in [5, 5.41) is 0. The van der Waals surface area contributed by atoms with Crippen molar-refractivity contribution in [2.45, 2.75) is 85.5 Å². The molecule has 0 saturated heterocycles. The summed E-state index contributed by atoms with van der Waals surface area (Å²) in [4.78, 5) is 12.1. The van der Waals surface area contributed by atoms with Crippen LogP contribution in [0.4, 0.5) is 0 Å². The fourth-order valence-electron chi connectivity index (χ4n) is 3.85. The van der Waals surface area contributed by atoms with Crippen molar-refractivity contribution in [3.63, 3.8) is 0 Å². The summed E-state index contributed by atoms with van der Waals surface area (Å²) in [5.74, 6) is 10.0. The minimum Gasteiger partial charge on any atom is -0.497 e. The molecular weight excluding hydrogens is 372 g/mol. The Morgan fingerprint density at radius 1 is 0.967 bits per heavy atom. The third kappa shape index (κ3) is 11.9. The van der Waals surface area contributed by atoms with Crippen molar-refractivity contribution in [3.8, 4) is 23.3 Å². The number of Topliss-reactive ketones (excluding diaryl/α,β-unsaturated/α-hetero) is 1. The van der Waals surface area contributed by atoms with Gasteiger partial charge in [0, 0.05) is 18.8 Å². The van der Waals surface area contributed by atoms with Crippen LogP contribution in [0.15, 0.2) is 24.3 Å². The smallest absolute Gasteiger partial charge is 0.132 e. The Balaban J connectivity index is 2.10. The predicted molar refractivity (Wildman–Crippen MR) is 126 cm³/mol. The van der Waals surface area contributed by atoms with E-state index in [4.69, 9.17) is 9.47 Å². The summed E-state index contributed by atoms with van der Waals surface area (Å²) >= 11 is 0. The normalized spacial score (nSPS) is 13.6. The lowest BCUT2D eigenvalue weighted by Crippen LogP contribution is -2.12. The quantitative estimate of drug-likeness (QED) is 0.214. The van der Waals surface area contributed by atoms with E-state index in [9.17, 15) is 4.79 Å². The fourth-order valence-corrected chi connectivity index (χ4v) is 3.85. The molecule has 0 spiro atoms. The summed E-state index contributed by atoms with van der Waals surface area (Å²) in [6.45, 7) is 9.35. The standard InChI is InChI=1S/C27H42O3/c1-6-11-24(7-2)13-10-15-25(28)14-9-8-12-22(3)20-23(4)21-30-27-18-16-26(29-5)17-19-27/h16-19,22-24H,7-10,12-15,20-21H2,1-5H3/t22-,23+,24+/m1/s1. The van der Waals surface area contributed by atoms with E-state index in [0.29, 0.717) is 23.5 Å². The average Bonchev–Trinajstić information content (AvgIpc) is 2.75. The molecule has 3 heteroatoms. The molecule has 0 aliphatic carbocycles. The zero-order valence-corrected chi connectivity index (χ0v) is 19.8. The monoisotopic (exact) mass is 414 g/mol. The first-order chi connectivity index (χ1) is 14.5. The molecule has 0 aliphatic heterocycles. The van der Waals surface area contributed by atoms with Gasteiger partial charge in [-0.1, -0.05) is 33.6 Å². The van der Waals surface area contributed by atoms with Gasteiger partial charge in [-0.05, 0) is 75.1 Å². The van der Waals surface area contributed by atoms with Gasteiger partial charge in [0.25, 0.3) is 0 Å². The predicted octanol–water partition coefficient (Wildman–Crippen LogP) is 7.09. The van der Waals surface area contributed by atoms with E-state index in [1.807, 2.05) is 31.2 Å². The minimum absolute atomic E-state index is 0.420. The van der Waals surface area contributed by atoms with E-state index in [-0.39, 0.29) is 0 Å². The largest absolute Gasteiger partial charge is 0.497 e. The molecule has 3 atom stereocenters.